The second-order valence-corrected chi connectivity index (χ2v) is 6.70. The molecule has 0 atom stereocenters. The van der Waals surface area contributed by atoms with Crippen LogP contribution in [-0.2, 0) is 9.59 Å². The molecule has 0 bridgehead atoms. The number of piperazine rings is 1. The Morgan fingerprint density at radius 3 is 2.61 bits per heavy atom. The number of carbonyl (C=O) groups is 2. The molecule has 0 spiro atoms. The zero-order valence-electron chi connectivity index (χ0n) is 13.3. The number of fused-ring (bicyclic) bond motifs is 1. The van der Waals surface area contributed by atoms with Crippen molar-refractivity contribution >= 4 is 34.6 Å². The van der Waals surface area contributed by atoms with Gasteiger partial charge in [-0.25, -0.2) is 4.98 Å². The van der Waals surface area contributed by atoms with Crippen molar-refractivity contribution in [2.24, 2.45) is 0 Å². The van der Waals surface area contributed by atoms with Crippen LogP contribution in [0.5, 0.6) is 0 Å². The van der Waals surface area contributed by atoms with Gasteiger partial charge < -0.3 is 14.8 Å². The fraction of sp³-hybridized carbons (Fsp3) is 0.438. The maximum absolute atomic E-state index is 12.3. The van der Waals surface area contributed by atoms with Gasteiger partial charge in [-0.05, 0) is 24.6 Å². The van der Waals surface area contributed by atoms with Gasteiger partial charge >= 0.3 is 0 Å². The van der Waals surface area contributed by atoms with Crippen LogP contribution in [0.2, 0.25) is 0 Å². The van der Waals surface area contributed by atoms with Crippen molar-refractivity contribution in [2.75, 3.05) is 31.9 Å². The summed E-state index contributed by atoms with van der Waals surface area (Å²) in [5.41, 5.74) is 3.09. The second-order valence-electron chi connectivity index (χ2n) is 5.74. The average Bonchev–Trinajstić information content (AvgIpc) is 2.94. The van der Waals surface area contributed by atoms with Crippen LogP contribution in [0.4, 0.5) is 0 Å². The molecule has 0 aliphatic carbocycles. The number of aryl methyl sites for hydroxylation is 1. The first-order valence-electron chi connectivity index (χ1n) is 7.65. The van der Waals surface area contributed by atoms with Gasteiger partial charge in [-0.2, -0.15) is 0 Å². The fourth-order valence-electron chi connectivity index (χ4n) is 2.66. The van der Waals surface area contributed by atoms with E-state index < -0.39 is 0 Å². The van der Waals surface area contributed by atoms with Crippen LogP contribution in [0.25, 0.3) is 11.0 Å². The summed E-state index contributed by atoms with van der Waals surface area (Å²) in [5.74, 6) is 0.526. The van der Waals surface area contributed by atoms with E-state index in [1.807, 2.05) is 24.0 Å². The van der Waals surface area contributed by atoms with Gasteiger partial charge in [0.25, 0.3) is 0 Å². The van der Waals surface area contributed by atoms with E-state index in [9.17, 15) is 9.59 Å². The third kappa shape index (κ3) is 3.67. The molecule has 0 radical (unpaired) electrons. The van der Waals surface area contributed by atoms with Gasteiger partial charge in [0, 0.05) is 33.1 Å². The highest BCUT2D eigenvalue weighted by atomic mass is 32.2. The quantitative estimate of drug-likeness (QED) is 0.868. The minimum atomic E-state index is 0.0732. The summed E-state index contributed by atoms with van der Waals surface area (Å²) in [6.07, 6.45) is 0. The first-order chi connectivity index (χ1) is 11.0. The number of nitrogens with zero attached hydrogens (tertiary/aromatic N) is 3. The smallest absolute Gasteiger partial charge is 0.233 e. The Bertz CT molecular complexity index is 735. The lowest BCUT2D eigenvalue weighted by molar-refractivity contribution is -0.136. The zero-order chi connectivity index (χ0) is 16.4. The van der Waals surface area contributed by atoms with Gasteiger partial charge in [-0.3, -0.25) is 9.59 Å². The molecule has 2 aromatic rings. The Hall–Kier alpha value is -2.02. The van der Waals surface area contributed by atoms with Crippen molar-refractivity contribution in [1.82, 2.24) is 19.8 Å². The molecule has 2 heterocycles. The largest absolute Gasteiger partial charge is 0.339 e. The van der Waals surface area contributed by atoms with E-state index in [2.05, 4.69) is 16.0 Å². The van der Waals surface area contributed by atoms with E-state index >= 15 is 0 Å². The lowest BCUT2D eigenvalue weighted by Crippen LogP contribution is -2.50. The molecule has 1 aromatic heterocycles. The van der Waals surface area contributed by atoms with Crippen molar-refractivity contribution in [3.63, 3.8) is 0 Å². The topological polar surface area (TPSA) is 69.3 Å². The lowest BCUT2D eigenvalue weighted by atomic mass is 10.2. The highest BCUT2D eigenvalue weighted by molar-refractivity contribution is 7.99. The van der Waals surface area contributed by atoms with Crippen LogP contribution in [0.1, 0.15) is 12.5 Å². The summed E-state index contributed by atoms with van der Waals surface area (Å²) in [7, 11) is 0. The van der Waals surface area contributed by atoms with E-state index in [1.54, 1.807) is 11.8 Å². The standard InChI is InChI=1S/C16H20N4O2S/c1-11-3-4-13-14(9-11)18-16(17-13)23-10-15(22)20-7-5-19(6-8-20)12(2)21/h3-4,9H,5-8,10H2,1-2H3,(H,17,18). The highest BCUT2D eigenvalue weighted by Crippen LogP contribution is 2.20. The van der Waals surface area contributed by atoms with E-state index in [1.165, 1.54) is 17.3 Å². The van der Waals surface area contributed by atoms with Gasteiger partial charge in [-0.1, -0.05) is 17.8 Å². The van der Waals surface area contributed by atoms with Crippen LogP contribution < -0.4 is 0 Å². The summed E-state index contributed by atoms with van der Waals surface area (Å²) >= 11 is 1.42. The first kappa shape index (κ1) is 15.9. The maximum atomic E-state index is 12.3. The number of thioether (sulfide) groups is 1. The molecule has 1 aliphatic heterocycles. The number of carbonyl (C=O) groups excluding carboxylic acids is 2. The molecule has 0 unspecified atom stereocenters. The number of aromatic nitrogens is 2. The monoisotopic (exact) mass is 332 g/mol. The molecule has 0 saturated carbocycles. The first-order valence-corrected chi connectivity index (χ1v) is 8.64. The van der Waals surface area contributed by atoms with E-state index in [-0.39, 0.29) is 11.8 Å². The molecule has 23 heavy (non-hydrogen) atoms. The van der Waals surface area contributed by atoms with Crippen molar-refractivity contribution < 1.29 is 9.59 Å². The summed E-state index contributed by atoms with van der Waals surface area (Å²) in [4.78, 5) is 34.9. The van der Waals surface area contributed by atoms with Gasteiger partial charge in [0.15, 0.2) is 5.16 Å². The number of hydrogen-bond acceptors (Lipinski definition) is 4. The summed E-state index contributed by atoms with van der Waals surface area (Å²) < 4.78 is 0. The Kier molecular flexibility index (Phi) is 4.56. The number of imidazole rings is 1. The normalized spacial score (nSPS) is 15.2. The van der Waals surface area contributed by atoms with Crippen LogP contribution in [0, 0.1) is 6.92 Å². The summed E-state index contributed by atoms with van der Waals surface area (Å²) in [5, 5.41) is 0.765. The van der Waals surface area contributed by atoms with Crippen LogP contribution in [0.3, 0.4) is 0 Å². The molecule has 7 heteroatoms. The van der Waals surface area contributed by atoms with Crippen molar-refractivity contribution in [3.05, 3.63) is 23.8 Å². The molecule has 3 rings (SSSR count). The van der Waals surface area contributed by atoms with Crippen molar-refractivity contribution in [2.45, 2.75) is 19.0 Å². The maximum Gasteiger partial charge on any atom is 0.233 e. The third-order valence-electron chi connectivity index (χ3n) is 4.03. The molecular formula is C16H20N4O2S. The average molecular weight is 332 g/mol. The molecule has 1 saturated heterocycles. The lowest BCUT2D eigenvalue weighted by Gasteiger charge is -2.34. The van der Waals surface area contributed by atoms with Crippen LogP contribution in [0.15, 0.2) is 23.4 Å². The number of nitrogens with one attached hydrogen (secondary N) is 1. The molecule has 122 valence electrons. The SMILES string of the molecule is CC(=O)N1CCN(C(=O)CSc2nc3ccc(C)cc3[nH]2)CC1. The molecule has 1 aromatic carbocycles. The Morgan fingerprint density at radius 1 is 1.22 bits per heavy atom. The Balaban J connectivity index is 1.55. The predicted octanol–water partition coefficient (Wildman–Crippen LogP) is 1.65. The Labute approximate surface area is 139 Å². The number of hydrogen-bond donors (Lipinski definition) is 1. The number of aromatic amines is 1. The summed E-state index contributed by atoms with van der Waals surface area (Å²) in [6.45, 7) is 6.07. The number of H-pyrrole nitrogens is 1. The van der Waals surface area contributed by atoms with Crippen LogP contribution >= 0.6 is 11.8 Å². The number of amides is 2. The van der Waals surface area contributed by atoms with Gasteiger partial charge in [0.05, 0.1) is 16.8 Å². The minimum Gasteiger partial charge on any atom is -0.339 e. The number of rotatable bonds is 3. The van der Waals surface area contributed by atoms with Crippen LogP contribution in [-0.4, -0.2) is 63.5 Å². The van der Waals surface area contributed by atoms with Gasteiger partial charge in [-0.15, -0.1) is 0 Å². The van der Waals surface area contributed by atoms with Gasteiger partial charge in [0.1, 0.15) is 0 Å². The molecular weight excluding hydrogens is 312 g/mol. The summed E-state index contributed by atoms with van der Waals surface area (Å²) in [6, 6.07) is 6.06. The molecule has 2 amide bonds. The van der Waals surface area contributed by atoms with E-state index in [4.69, 9.17) is 0 Å². The molecule has 1 fully saturated rings. The van der Waals surface area contributed by atoms with Crippen molar-refractivity contribution in [1.29, 1.82) is 0 Å². The predicted molar refractivity (Wildman–Crippen MR) is 90.4 cm³/mol. The minimum absolute atomic E-state index is 0.0732. The number of benzene rings is 1. The molecule has 1 N–H and O–H groups in total. The Morgan fingerprint density at radius 2 is 1.91 bits per heavy atom. The molecule has 1 aliphatic rings. The highest BCUT2D eigenvalue weighted by Gasteiger charge is 2.22. The second kappa shape index (κ2) is 6.62. The van der Waals surface area contributed by atoms with Crippen molar-refractivity contribution in [3.8, 4) is 0 Å². The van der Waals surface area contributed by atoms with E-state index in [0.717, 1.165) is 16.2 Å². The molecule has 6 nitrogen and oxygen atoms in total. The van der Waals surface area contributed by atoms with E-state index in [0.29, 0.717) is 31.9 Å². The van der Waals surface area contributed by atoms with Gasteiger partial charge in [0.2, 0.25) is 11.8 Å². The zero-order valence-corrected chi connectivity index (χ0v) is 14.2. The fourth-order valence-corrected chi connectivity index (χ4v) is 3.45. The third-order valence-corrected chi connectivity index (χ3v) is 4.88.